The molecule has 0 amide bonds. The normalized spacial score (nSPS) is 49.1. The quantitative estimate of drug-likeness (QED) is 0.0390. The standard InChI is InChI=1S/C51H80O26/c1-68-34-13-22(3-8-28(34)56)4-10-38(60)69-20-37-42(64)44(66)48(77-50-47(40(62)31(59)19-70-50)76-39(61)11-5-21-2-7-26(54)29(57)12-21)51(75-37)73-35-17-25-32(71-46(35)23-6-9-27(55)30(58)14-23)15-24(53)16-33(25)72-49-45(67)43(65)41(63)36(18-52)74-49/h4-5,10-11,21-37,40-59,62-67H,2-3,6-9,12-20H2,1H3/p+1. The van der Waals surface area contributed by atoms with Gasteiger partial charge in [-0.3, -0.25) is 0 Å². The van der Waals surface area contributed by atoms with Gasteiger partial charge in [-0.05, 0) is 76.0 Å². The first-order valence-electron chi connectivity index (χ1n) is 27.0. The summed E-state index contributed by atoms with van der Waals surface area (Å²) in [4.78, 5) is 26.5. The molecule has 26 nitrogen and oxygen atoms in total. The number of methoxy groups -OCH3 is 1. The molecule has 4 saturated heterocycles. The zero-order valence-corrected chi connectivity index (χ0v) is 42.9. The van der Waals surface area contributed by atoms with E-state index < -0.39 is 197 Å². The van der Waals surface area contributed by atoms with Crippen LogP contribution in [0.4, 0.5) is 0 Å². The summed E-state index contributed by atoms with van der Waals surface area (Å²) in [7, 11) is 1.48. The molecule has 8 fully saturated rings. The molecule has 8 rings (SSSR count). The maximum atomic E-state index is 13.3. The first kappa shape index (κ1) is 60.6. The van der Waals surface area contributed by atoms with E-state index in [9.17, 15) is 81.1 Å². The Morgan fingerprint density at radius 3 is 1.87 bits per heavy atom. The molecule has 0 aromatic heterocycles. The monoisotopic (exact) mass is 1110 g/mol. The highest BCUT2D eigenvalue weighted by Crippen LogP contribution is 2.44. The molecule has 29 atom stereocenters. The van der Waals surface area contributed by atoms with E-state index in [0.717, 1.165) is 6.08 Å². The zero-order valence-electron chi connectivity index (χ0n) is 42.9. The van der Waals surface area contributed by atoms with Crippen molar-refractivity contribution in [1.82, 2.24) is 0 Å². The van der Waals surface area contributed by atoms with Gasteiger partial charge in [-0.2, -0.15) is 0 Å². The van der Waals surface area contributed by atoms with Crippen LogP contribution in [0.2, 0.25) is 0 Å². The van der Waals surface area contributed by atoms with Crippen LogP contribution in [-0.2, 0) is 52.2 Å². The van der Waals surface area contributed by atoms with Crippen molar-refractivity contribution in [3.63, 3.8) is 0 Å². The molecule has 15 N–H and O–H groups in total. The zero-order chi connectivity index (χ0) is 55.4. The molecule has 0 bridgehead atoms. The van der Waals surface area contributed by atoms with E-state index in [1.54, 1.807) is 6.08 Å². The summed E-state index contributed by atoms with van der Waals surface area (Å²) in [5.74, 6) is -3.39. The van der Waals surface area contributed by atoms with Gasteiger partial charge in [-0.1, -0.05) is 12.2 Å². The predicted molar refractivity (Wildman–Crippen MR) is 256 cm³/mol. The van der Waals surface area contributed by atoms with Gasteiger partial charge < -0.3 is 119 Å². The molecule has 0 spiro atoms. The van der Waals surface area contributed by atoms with Gasteiger partial charge >= 0.3 is 11.9 Å². The number of hydrogen-bond donors (Lipinski definition) is 14. The first-order chi connectivity index (χ1) is 36.7. The minimum absolute atomic E-state index is 0.0228. The molecule has 0 aromatic rings. The summed E-state index contributed by atoms with van der Waals surface area (Å²) in [6.45, 7) is -1.93. The van der Waals surface area contributed by atoms with Crippen molar-refractivity contribution in [2.24, 2.45) is 23.7 Å². The third kappa shape index (κ3) is 14.6. The molecule has 0 radical (unpaired) electrons. The predicted octanol–water partition coefficient (Wildman–Crippen LogP) is -5.31. The molecule has 440 valence electrons. The minimum Gasteiger partial charge on any atom is -0.460 e. The Morgan fingerprint density at radius 1 is 0.545 bits per heavy atom. The van der Waals surface area contributed by atoms with E-state index in [1.807, 2.05) is 0 Å². The van der Waals surface area contributed by atoms with Gasteiger partial charge in [0.2, 0.25) is 0 Å². The fraction of sp³-hybridized carbons (Fsp3) is 0.882. The van der Waals surface area contributed by atoms with E-state index >= 15 is 0 Å². The van der Waals surface area contributed by atoms with Gasteiger partial charge in [-0.25, -0.2) is 9.59 Å². The summed E-state index contributed by atoms with van der Waals surface area (Å²) in [5.41, 5.74) is 0. The van der Waals surface area contributed by atoms with Crippen molar-refractivity contribution in [2.45, 2.75) is 230 Å². The maximum Gasteiger partial charge on any atom is 0.330 e. The van der Waals surface area contributed by atoms with E-state index in [4.69, 9.17) is 47.4 Å². The lowest BCUT2D eigenvalue weighted by atomic mass is 9.72. The number of allylic oxidation sites excluding steroid dienone is 2. The Balaban J connectivity index is 1.06. The number of rotatable bonds is 16. The molecular weight excluding hydrogens is 1030 g/mol. The van der Waals surface area contributed by atoms with Crippen LogP contribution < -0.4 is 0 Å². The number of carbonyl (C=O) groups is 2. The summed E-state index contributed by atoms with van der Waals surface area (Å²) in [6, 6.07) is 0. The highest BCUT2D eigenvalue weighted by atomic mass is 16.8. The molecule has 26 heteroatoms. The Bertz CT molecular complexity index is 1950. The molecular formula is C51H81O26+. The highest BCUT2D eigenvalue weighted by molar-refractivity contribution is 5.82. The van der Waals surface area contributed by atoms with Gasteiger partial charge in [0.1, 0.15) is 73.8 Å². The number of aliphatic hydroxyl groups excluding tert-OH is 14. The lowest BCUT2D eigenvalue weighted by Crippen LogP contribution is -2.66. The van der Waals surface area contributed by atoms with Gasteiger partial charge in [0, 0.05) is 38.0 Å². The van der Waals surface area contributed by atoms with Crippen LogP contribution in [0.1, 0.15) is 77.0 Å². The van der Waals surface area contributed by atoms with Crippen LogP contribution in [0.3, 0.4) is 0 Å². The fourth-order valence-corrected chi connectivity index (χ4v) is 12.3. The molecule has 0 aromatic carbocycles. The maximum absolute atomic E-state index is 13.3. The molecule has 29 unspecified atom stereocenters. The number of aliphatic hydroxyl groups is 16. The second kappa shape index (κ2) is 27.1. The molecule has 4 aliphatic heterocycles. The van der Waals surface area contributed by atoms with Crippen LogP contribution in [-0.4, -0.2) is 268 Å². The van der Waals surface area contributed by atoms with Gasteiger partial charge in [0.15, 0.2) is 37.2 Å². The first-order valence-corrected chi connectivity index (χ1v) is 27.0. The molecule has 4 heterocycles. The summed E-state index contributed by atoms with van der Waals surface area (Å²) >= 11 is 0. The highest BCUT2D eigenvalue weighted by Gasteiger charge is 2.58. The molecule has 8 aliphatic rings. The molecule has 4 aliphatic carbocycles. The van der Waals surface area contributed by atoms with Gasteiger partial charge in [0.25, 0.3) is 0 Å². The third-order valence-corrected chi connectivity index (χ3v) is 16.9. The van der Waals surface area contributed by atoms with Crippen molar-refractivity contribution < 1.29 is 128 Å². The second-order valence-corrected chi connectivity index (χ2v) is 22.2. The van der Waals surface area contributed by atoms with Crippen molar-refractivity contribution in [3.05, 3.63) is 24.3 Å². The Morgan fingerprint density at radius 2 is 1.18 bits per heavy atom. The topological polar surface area (TPSA) is 413 Å². The van der Waals surface area contributed by atoms with Crippen LogP contribution in [0.5, 0.6) is 0 Å². The average Bonchev–Trinajstić information content (AvgIpc) is 3.42. The second-order valence-electron chi connectivity index (χ2n) is 22.2. The summed E-state index contributed by atoms with van der Waals surface area (Å²) in [6.07, 6.45) is -25.3. The summed E-state index contributed by atoms with van der Waals surface area (Å²) < 4.78 is 58.9. The van der Waals surface area contributed by atoms with Gasteiger partial charge in [0.05, 0.1) is 68.0 Å². The van der Waals surface area contributed by atoms with E-state index in [-0.39, 0.29) is 56.8 Å². The Hall–Kier alpha value is -2.46. The van der Waals surface area contributed by atoms with E-state index in [2.05, 4.69) is 0 Å². The van der Waals surface area contributed by atoms with Crippen molar-refractivity contribution in [3.8, 4) is 0 Å². The minimum atomic E-state index is -1.98. The van der Waals surface area contributed by atoms with E-state index in [0.29, 0.717) is 32.1 Å². The molecule has 77 heavy (non-hydrogen) atoms. The van der Waals surface area contributed by atoms with Crippen LogP contribution >= 0.6 is 0 Å². The lowest BCUT2D eigenvalue weighted by Gasteiger charge is -2.50. The number of carbonyl (C=O) groups excluding carboxylic acids is 2. The Labute approximate surface area is 444 Å². The van der Waals surface area contributed by atoms with Crippen LogP contribution in [0.15, 0.2) is 24.3 Å². The summed E-state index contributed by atoms with van der Waals surface area (Å²) in [5, 5.41) is 151. The van der Waals surface area contributed by atoms with Crippen LogP contribution in [0, 0.1) is 23.7 Å². The number of hydrogen-bond acceptors (Lipinski definition) is 25. The number of ether oxygens (including phenoxy) is 10. The van der Waals surface area contributed by atoms with Crippen molar-refractivity contribution in [1.29, 1.82) is 0 Å². The average molecular weight is 1110 g/mol. The Kier molecular flexibility index (Phi) is 21.3. The SMILES string of the molecule is COC1CC(C=CC(=O)OCC2OC(OC3CC4C(OC5OC(CO)C(O)C(O)C5O)CC(O)CC4[OH+]C3C3CCC(O)C(O)C3)C(OC3OCC(O)C(O)C3OC(=O)C=CC3CCC(O)C(O)C3)C(O)C2O)CCC1O. The largest absolute Gasteiger partial charge is 0.460 e. The lowest BCUT2D eigenvalue weighted by molar-refractivity contribution is -0.385. The van der Waals surface area contributed by atoms with Gasteiger partial charge in [-0.15, -0.1) is 0 Å². The number of fused-ring (bicyclic) bond motifs is 1. The van der Waals surface area contributed by atoms with Crippen molar-refractivity contribution in [2.75, 3.05) is 26.9 Å². The van der Waals surface area contributed by atoms with E-state index in [1.165, 1.54) is 19.3 Å². The fourth-order valence-electron chi connectivity index (χ4n) is 12.3. The third-order valence-electron chi connectivity index (χ3n) is 16.9. The van der Waals surface area contributed by atoms with Crippen molar-refractivity contribution >= 4 is 11.9 Å². The number of esters is 2. The molecule has 4 saturated carbocycles. The smallest absolute Gasteiger partial charge is 0.330 e. The van der Waals surface area contributed by atoms with Crippen LogP contribution in [0.25, 0.3) is 0 Å².